The van der Waals surface area contributed by atoms with Crippen molar-refractivity contribution in [1.82, 2.24) is 10.2 Å². The molecule has 0 radical (unpaired) electrons. The van der Waals surface area contributed by atoms with Gasteiger partial charge in [0.05, 0.1) is 12.6 Å². The van der Waals surface area contributed by atoms with Gasteiger partial charge in [-0.3, -0.25) is 4.79 Å². The molecule has 0 saturated carbocycles. The van der Waals surface area contributed by atoms with Gasteiger partial charge in [-0.1, -0.05) is 13.0 Å². The molecule has 1 aliphatic heterocycles. The van der Waals surface area contributed by atoms with Gasteiger partial charge >= 0.3 is 0 Å². The number of hydrogen-bond donors (Lipinski definition) is 1. The molecule has 1 heterocycles. The Morgan fingerprint density at radius 1 is 1.61 bits per heavy atom. The molecule has 104 valence electrons. The largest absolute Gasteiger partial charge is 0.383 e. The summed E-state index contributed by atoms with van der Waals surface area (Å²) < 4.78 is 5.00. The molecule has 1 fully saturated rings. The van der Waals surface area contributed by atoms with Crippen LogP contribution in [0.1, 0.15) is 26.2 Å². The van der Waals surface area contributed by atoms with Crippen LogP contribution in [0.25, 0.3) is 0 Å². The van der Waals surface area contributed by atoms with E-state index in [0.717, 1.165) is 19.3 Å². The molecule has 1 unspecified atom stereocenters. The van der Waals surface area contributed by atoms with E-state index in [1.165, 1.54) is 0 Å². The van der Waals surface area contributed by atoms with Crippen LogP contribution in [-0.4, -0.2) is 50.2 Å². The van der Waals surface area contributed by atoms with Gasteiger partial charge in [-0.25, -0.2) is 0 Å². The van der Waals surface area contributed by atoms with Crippen LogP contribution in [0.3, 0.4) is 0 Å². The summed E-state index contributed by atoms with van der Waals surface area (Å²) in [6.07, 6.45) is 5.11. The molecule has 0 spiro atoms. The molecule has 1 saturated heterocycles. The Morgan fingerprint density at radius 3 is 2.94 bits per heavy atom. The zero-order chi connectivity index (χ0) is 13.5. The zero-order valence-electron chi connectivity index (χ0n) is 11.8. The van der Waals surface area contributed by atoms with Crippen LogP contribution < -0.4 is 5.32 Å². The van der Waals surface area contributed by atoms with E-state index in [-0.39, 0.29) is 11.9 Å². The Balaban J connectivity index is 2.49. The number of carbonyl (C=O) groups is 1. The molecule has 0 aromatic carbocycles. The van der Waals surface area contributed by atoms with Crippen molar-refractivity contribution in [3.05, 3.63) is 12.7 Å². The van der Waals surface area contributed by atoms with Crippen LogP contribution in [0, 0.1) is 5.92 Å². The predicted molar refractivity (Wildman–Crippen MR) is 73.4 cm³/mol. The smallest absolute Gasteiger partial charge is 0.239 e. The van der Waals surface area contributed by atoms with Gasteiger partial charge in [-0.2, -0.15) is 0 Å². The van der Waals surface area contributed by atoms with Crippen molar-refractivity contribution in [3.8, 4) is 0 Å². The number of amides is 1. The van der Waals surface area contributed by atoms with Gasteiger partial charge in [0, 0.05) is 26.7 Å². The second-order valence-corrected chi connectivity index (χ2v) is 5.10. The summed E-state index contributed by atoms with van der Waals surface area (Å²) in [6.45, 7) is 7.21. The van der Waals surface area contributed by atoms with Gasteiger partial charge < -0.3 is 15.0 Å². The summed E-state index contributed by atoms with van der Waals surface area (Å²) in [6, 6.07) is 0.328. The fourth-order valence-electron chi connectivity index (χ4n) is 2.35. The van der Waals surface area contributed by atoms with E-state index in [9.17, 15) is 4.79 Å². The molecule has 0 bridgehead atoms. The Hall–Kier alpha value is -0.870. The maximum Gasteiger partial charge on any atom is 0.239 e. The lowest BCUT2D eigenvalue weighted by molar-refractivity contribution is -0.133. The van der Waals surface area contributed by atoms with Crippen LogP contribution in [0.2, 0.25) is 0 Å². The first-order valence-electron chi connectivity index (χ1n) is 6.72. The van der Waals surface area contributed by atoms with Crippen LogP contribution >= 0.6 is 0 Å². The average Bonchev–Trinajstić information content (AvgIpc) is 2.43. The number of nitrogens with zero attached hydrogens (tertiary/aromatic N) is 1. The highest BCUT2D eigenvalue weighted by atomic mass is 16.5. The standard InChI is InChI=1S/C14H26N2O2/c1-5-11(2)12-7-6-8-13(15-12)14(17)16(3)9-10-18-4/h5,11-13,15H,1,6-10H2,2-4H3/t11-,12+,13?/m1/s1. The fraction of sp³-hybridized carbons (Fsp3) is 0.786. The molecule has 0 aromatic rings. The predicted octanol–water partition coefficient (Wildman–Crippen LogP) is 1.42. The third kappa shape index (κ3) is 4.10. The summed E-state index contributed by atoms with van der Waals surface area (Å²) in [4.78, 5) is 14.0. The Kier molecular flexibility index (Phi) is 6.36. The van der Waals surface area contributed by atoms with Gasteiger partial charge in [0.1, 0.15) is 0 Å². The summed E-state index contributed by atoms with van der Waals surface area (Å²) in [5.41, 5.74) is 0. The number of piperidine rings is 1. The molecule has 0 aliphatic carbocycles. The molecule has 4 nitrogen and oxygen atoms in total. The molecular formula is C14H26N2O2. The molecule has 4 heteroatoms. The first-order chi connectivity index (χ1) is 8.60. The van der Waals surface area contributed by atoms with Gasteiger partial charge in [0.15, 0.2) is 0 Å². The lowest BCUT2D eigenvalue weighted by Gasteiger charge is -2.34. The number of carbonyl (C=O) groups excluding carboxylic acids is 1. The van der Waals surface area contributed by atoms with Gasteiger partial charge in [-0.05, 0) is 25.2 Å². The summed E-state index contributed by atoms with van der Waals surface area (Å²) in [7, 11) is 3.49. The number of likely N-dealkylation sites (N-methyl/N-ethyl adjacent to an activating group) is 1. The lowest BCUT2D eigenvalue weighted by atomic mass is 9.90. The van der Waals surface area contributed by atoms with E-state index in [1.807, 2.05) is 13.1 Å². The van der Waals surface area contributed by atoms with Gasteiger partial charge in [0.2, 0.25) is 5.91 Å². The molecule has 3 atom stereocenters. The van der Waals surface area contributed by atoms with Crippen LogP contribution in [0.4, 0.5) is 0 Å². The summed E-state index contributed by atoms with van der Waals surface area (Å²) in [5.74, 6) is 0.581. The van der Waals surface area contributed by atoms with E-state index in [2.05, 4.69) is 18.8 Å². The van der Waals surface area contributed by atoms with Crippen molar-refractivity contribution < 1.29 is 9.53 Å². The van der Waals surface area contributed by atoms with Crippen molar-refractivity contribution in [1.29, 1.82) is 0 Å². The molecular weight excluding hydrogens is 228 g/mol. The monoisotopic (exact) mass is 254 g/mol. The third-order valence-electron chi connectivity index (χ3n) is 3.73. The van der Waals surface area contributed by atoms with Crippen molar-refractivity contribution in [2.24, 2.45) is 5.92 Å². The SMILES string of the molecule is C=C[C@@H](C)[C@@H]1CCCC(C(=O)N(C)CCOC)N1. The van der Waals surface area contributed by atoms with E-state index < -0.39 is 0 Å². The number of nitrogens with one attached hydrogen (secondary N) is 1. The van der Waals surface area contributed by atoms with Crippen LogP contribution in [0.5, 0.6) is 0 Å². The lowest BCUT2D eigenvalue weighted by Crippen LogP contribution is -2.53. The summed E-state index contributed by atoms with van der Waals surface area (Å²) in [5, 5.41) is 3.46. The van der Waals surface area contributed by atoms with Gasteiger partial charge in [0.25, 0.3) is 0 Å². The second-order valence-electron chi connectivity index (χ2n) is 5.10. The molecule has 18 heavy (non-hydrogen) atoms. The third-order valence-corrected chi connectivity index (χ3v) is 3.73. The maximum atomic E-state index is 12.2. The normalized spacial score (nSPS) is 25.5. The van der Waals surface area contributed by atoms with E-state index >= 15 is 0 Å². The highest BCUT2D eigenvalue weighted by molar-refractivity contribution is 5.81. The number of rotatable bonds is 6. The van der Waals surface area contributed by atoms with E-state index in [1.54, 1.807) is 12.0 Å². The Morgan fingerprint density at radius 2 is 2.33 bits per heavy atom. The summed E-state index contributed by atoms with van der Waals surface area (Å²) >= 11 is 0. The minimum Gasteiger partial charge on any atom is -0.383 e. The van der Waals surface area contributed by atoms with Crippen molar-refractivity contribution in [2.75, 3.05) is 27.3 Å². The minimum atomic E-state index is -0.0481. The van der Waals surface area contributed by atoms with Crippen molar-refractivity contribution in [3.63, 3.8) is 0 Å². The topological polar surface area (TPSA) is 41.6 Å². The number of hydrogen-bond acceptors (Lipinski definition) is 3. The minimum absolute atomic E-state index is 0.0481. The molecule has 1 rings (SSSR count). The maximum absolute atomic E-state index is 12.2. The molecule has 1 amide bonds. The highest BCUT2D eigenvalue weighted by Gasteiger charge is 2.29. The number of ether oxygens (including phenoxy) is 1. The van der Waals surface area contributed by atoms with E-state index in [0.29, 0.717) is 25.1 Å². The first kappa shape index (κ1) is 15.2. The van der Waals surface area contributed by atoms with Crippen molar-refractivity contribution >= 4 is 5.91 Å². The van der Waals surface area contributed by atoms with E-state index in [4.69, 9.17) is 4.74 Å². The average molecular weight is 254 g/mol. The zero-order valence-corrected chi connectivity index (χ0v) is 11.8. The van der Waals surface area contributed by atoms with Crippen molar-refractivity contribution in [2.45, 2.75) is 38.3 Å². The van der Waals surface area contributed by atoms with Gasteiger partial charge in [-0.15, -0.1) is 6.58 Å². The number of methoxy groups -OCH3 is 1. The quantitative estimate of drug-likeness (QED) is 0.729. The Labute approximate surface area is 110 Å². The highest BCUT2D eigenvalue weighted by Crippen LogP contribution is 2.20. The molecule has 1 N–H and O–H groups in total. The molecule has 0 aromatic heterocycles. The Bertz CT molecular complexity index is 281. The van der Waals surface area contributed by atoms with Crippen LogP contribution in [0.15, 0.2) is 12.7 Å². The molecule has 1 aliphatic rings. The first-order valence-corrected chi connectivity index (χ1v) is 6.72. The fourth-order valence-corrected chi connectivity index (χ4v) is 2.35. The van der Waals surface area contributed by atoms with Crippen LogP contribution in [-0.2, 0) is 9.53 Å². The second kappa shape index (κ2) is 7.54.